The molecule has 0 spiro atoms. The fourth-order valence-corrected chi connectivity index (χ4v) is 2.69. The second-order valence-electron chi connectivity index (χ2n) is 7.61. The number of carbonyl (C=O) groups is 1. The topological polar surface area (TPSA) is 55.8 Å². The van der Waals surface area contributed by atoms with Crippen LogP contribution in [-0.4, -0.2) is 25.3 Å². The van der Waals surface area contributed by atoms with Crippen molar-refractivity contribution in [2.75, 3.05) is 14.2 Å². The molecule has 0 bridgehead atoms. The number of carboxylic acid groups (broad SMARTS) is 1. The zero-order valence-corrected chi connectivity index (χ0v) is 17.8. The van der Waals surface area contributed by atoms with Gasteiger partial charge in [-0.15, -0.1) is 0 Å². The van der Waals surface area contributed by atoms with Gasteiger partial charge in [0.15, 0.2) is 11.6 Å². The van der Waals surface area contributed by atoms with Crippen LogP contribution in [0.4, 0.5) is 8.78 Å². The molecule has 4 rings (SSSR count). The van der Waals surface area contributed by atoms with Gasteiger partial charge in [0.25, 0.3) is 0 Å². The predicted octanol–water partition coefficient (Wildman–Crippen LogP) is 5.98. The highest BCUT2D eigenvalue weighted by atomic mass is 19.1. The highest BCUT2D eigenvalue weighted by Gasteiger charge is 2.31. The second kappa shape index (κ2) is 11.5. The Balaban J connectivity index is 0.000000187. The molecule has 164 valence electrons. The highest BCUT2D eigenvalue weighted by Crippen LogP contribution is 2.44. The number of ether oxygens (including phenoxy) is 2. The lowest BCUT2D eigenvalue weighted by Crippen LogP contribution is -2.12. The molecular weight excluding hydrogens is 390 g/mol. The molecule has 0 aliphatic heterocycles. The third-order valence-corrected chi connectivity index (χ3v) is 4.75. The molecule has 2 aromatic carbocycles. The minimum atomic E-state index is -0.771. The summed E-state index contributed by atoms with van der Waals surface area (Å²) in [5.41, 5.74) is 1.18. The van der Waals surface area contributed by atoms with E-state index >= 15 is 0 Å². The summed E-state index contributed by atoms with van der Waals surface area (Å²) in [6.45, 7) is 1.70. The number of hydrogen-bond acceptors (Lipinski definition) is 3. The molecule has 0 amide bonds. The Morgan fingerprint density at radius 2 is 1.77 bits per heavy atom. The first-order valence-corrected chi connectivity index (χ1v) is 10.2. The minimum Gasteiger partial charge on any atom is -0.497 e. The molecule has 2 aliphatic rings. The van der Waals surface area contributed by atoms with Crippen molar-refractivity contribution in [3.63, 3.8) is 0 Å². The van der Waals surface area contributed by atoms with Crippen molar-refractivity contribution in [3.05, 3.63) is 59.2 Å². The third-order valence-electron chi connectivity index (χ3n) is 4.75. The van der Waals surface area contributed by atoms with Crippen LogP contribution in [0, 0.1) is 17.6 Å². The molecule has 6 heteroatoms. The molecule has 0 aromatic heterocycles. The number of hydrogen-bond donors (Lipinski definition) is 1. The zero-order valence-electron chi connectivity index (χ0n) is 17.8. The molecule has 2 aromatic rings. The van der Waals surface area contributed by atoms with Gasteiger partial charge in [-0.05, 0) is 55.0 Å². The number of halogens is 2. The number of carboxylic acids is 1. The second-order valence-corrected chi connectivity index (χ2v) is 7.61. The fourth-order valence-electron chi connectivity index (χ4n) is 2.69. The first-order chi connectivity index (χ1) is 14.4. The van der Waals surface area contributed by atoms with Crippen molar-refractivity contribution in [1.82, 2.24) is 0 Å². The van der Waals surface area contributed by atoms with Crippen LogP contribution in [-0.2, 0) is 11.2 Å². The van der Waals surface area contributed by atoms with Crippen LogP contribution < -0.4 is 9.47 Å². The minimum absolute atomic E-state index is 0.0649. The highest BCUT2D eigenvalue weighted by molar-refractivity contribution is 5.69. The summed E-state index contributed by atoms with van der Waals surface area (Å²) in [5, 5.41) is 8.74. The van der Waals surface area contributed by atoms with E-state index in [0.717, 1.165) is 24.2 Å². The predicted molar refractivity (Wildman–Crippen MR) is 112 cm³/mol. The maximum absolute atomic E-state index is 13.5. The Morgan fingerprint density at radius 1 is 1.10 bits per heavy atom. The zero-order chi connectivity index (χ0) is 22.1. The molecule has 0 saturated heterocycles. The van der Waals surface area contributed by atoms with E-state index in [-0.39, 0.29) is 23.1 Å². The van der Waals surface area contributed by atoms with E-state index in [1.807, 2.05) is 24.3 Å². The van der Waals surface area contributed by atoms with E-state index in [4.69, 9.17) is 14.6 Å². The summed E-state index contributed by atoms with van der Waals surface area (Å²) in [4.78, 5) is 10.6. The van der Waals surface area contributed by atoms with Crippen molar-refractivity contribution >= 4 is 5.97 Å². The Morgan fingerprint density at radius 3 is 2.27 bits per heavy atom. The van der Waals surface area contributed by atoms with Gasteiger partial charge in [-0.1, -0.05) is 38.3 Å². The number of benzene rings is 2. The van der Waals surface area contributed by atoms with Crippen molar-refractivity contribution in [2.45, 2.75) is 51.4 Å². The lowest BCUT2D eigenvalue weighted by molar-refractivity contribution is -0.141. The maximum Gasteiger partial charge on any atom is 0.306 e. The van der Waals surface area contributed by atoms with Crippen LogP contribution in [0.15, 0.2) is 36.4 Å². The average Bonchev–Trinajstić information content (AvgIpc) is 3.61. The van der Waals surface area contributed by atoms with Gasteiger partial charge in [0.1, 0.15) is 11.6 Å². The van der Waals surface area contributed by atoms with Crippen LogP contribution in [0.3, 0.4) is 0 Å². The molecule has 2 saturated carbocycles. The molecule has 1 N–H and O–H groups in total. The Labute approximate surface area is 176 Å². The summed E-state index contributed by atoms with van der Waals surface area (Å²) in [6, 6.07) is 10.0. The van der Waals surface area contributed by atoms with Crippen molar-refractivity contribution in [1.29, 1.82) is 0 Å². The molecule has 2 aliphatic carbocycles. The summed E-state index contributed by atoms with van der Waals surface area (Å²) in [7, 11) is 2.98. The molecule has 1 atom stereocenters. The summed E-state index contributed by atoms with van der Waals surface area (Å²) >= 11 is 0. The van der Waals surface area contributed by atoms with Gasteiger partial charge < -0.3 is 14.6 Å². The average molecular weight is 420 g/mol. The van der Waals surface area contributed by atoms with Crippen molar-refractivity contribution < 1.29 is 28.2 Å². The van der Waals surface area contributed by atoms with Crippen molar-refractivity contribution in [3.8, 4) is 11.5 Å². The lowest BCUT2D eigenvalue weighted by atomic mass is 10.0. The van der Waals surface area contributed by atoms with E-state index in [0.29, 0.717) is 6.42 Å². The monoisotopic (exact) mass is 420 g/mol. The quantitative estimate of drug-likeness (QED) is 0.625. The molecule has 0 radical (unpaired) electrons. The maximum atomic E-state index is 13.5. The Hall–Kier alpha value is -2.63. The van der Waals surface area contributed by atoms with Crippen LogP contribution in [0.2, 0.25) is 0 Å². The number of methoxy groups -OCH3 is 2. The standard InChI is InChI=1S/C11H14O3.C10H10F2O.C3H6/c1-8(11(12)13)6-9-4-3-5-10(7-9)14-2;1-13-8-5-4-7(11)9(10(8)12)6-2-3-6;1-2-3-1/h3-5,7-8H,6H2,1-2H3,(H,12,13);4-6H,2-3H2,1H3;1-3H2. The van der Waals surface area contributed by atoms with Gasteiger partial charge in [0, 0.05) is 5.56 Å². The van der Waals surface area contributed by atoms with Gasteiger partial charge in [-0.3, -0.25) is 4.79 Å². The third kappa shape index (κ3) is 7.65. The number of aliphatic carboxylic acids is 1. The summed E-state index contributed by atoms with van der Waals surface area (Å²) < 4.78 is 36.4. The van der Waals surface area contributed by atoms with Gasteiger partial charge in [0.2, 0.25) is 0 Å². The lowest BCUT2D eigenvalue weighted by Gasteiger charge is -2.07. The van der Waals surface area contributed by atoms with E-state index < -0.39 is 17.6 Å². The van der Waals surface area contributed by atoms with Crippen LogP contribution in [0.5, 0.6) is 11.5 Å². The smallest absolute Gasteiger partial charge is 0.306 e. The van der Waals surface area contributed by atoms with E-state index in [1.165, 1.54) is 38.5 Å². The van der Waals surface area contributed by atoms with Crippen LogP contribution >= 0.6 is 0 Å². The summed E-state index contributed by atoms with van der Waals surface area (Å²) in [6.07, 6.45) is 6.79. The van der Waals surface area contributed by atoms with Gasteiger partial charge >= 0.3 is 5.97 Å². The normalized spacial score (nSPS) is 15.0. The van der Waals surface area contributed by atoms with Crippen molar-refractivity contribution in [2.24, 2.45) is 5.92 Å². The van der Waals surface area contributed by atoms with Gasteiger partial charge in [-0.2, -0.15) is 0 Å². The van der Waals surface area contributed by atoms with Crippen LogP contribution in [0.1, 0.15) is 56.1 Å². The summed E-state index contributed by atoms with van der Waals surface area (Å²) in [5.74, 6) is -1.17. The van der Waals surface area contributed by atoms with E-state index in [2.05, 4.69) is 0 Å². The molecule has 1 unspecified atom stereocenters. The SMILES string of the molecule is C1CC1.COc1ccc(F)c(C2CC2)c1F.COc1cccc(CC(C)C(=O)O)c1. The Bertz CT molecular complexity index is 829. The van der Waals surface area contributed by atoms with Gasteiger partial charge in [0.05, 0.1) is 20.1 Å². The molecule has 30 heavy (non-hydrogen) atoms. The molecule has 2 fully saturated rings. The molecule has 4 nitrogen and oxygen atoms in total. The first-order valence-electron chi connectivity index (χ1n) is 10.2. The molecule has 0 heterocycles. The van der Waals surface area contributed by atoms with Crippen LogP contribution in [0.25, 0.3) is 0 Å². The fraction of sp³-hybridized carbons (Fsp3) is 0.458. The molecular formula is C24H30F2O4. The van der Waals surface area contributed by atoms with E-state index in [9.17, 15) is 13.6 Å². The first kappa shape index (κ1) is 23.6. The van der Waals surface area contributed by atoms with E-state index in [1.54, 1.807) is 14.0 Å². The Kier molecular flexibility index (Phi) is 9.09. The number of rotatable bonds is 6. The van der Waals surface area contributed by atoms with Gasteiger partial charge in [-0.25, -0.2) is 8.78 Å². The largest absolute Gasteiger partial charge is 0.497 e.